The fourth-order valence-electron chi connectivity index (χ4n) is 1.52. The van der Waals surface area contributed by atoms with Gasteiger partial charge in [0, 0.05) is 10.3 Å². The van der Waals surface area contributed by atoms with Crippen LogP contribution in [0, 0.1) is 6.92 Å². The zero-order chi connectivity index (χ0) is 9.14. The minimum atomic E-state index is 0.277. The predicted octanol–water partition coefficient (Wildman–Crippen LogP) is 4.18. The van der Waals surface area contributed by atoms with E-state index in [0.717, 1.165) is 6.42 Å². The van der Waals surface area contributed by atoms with E-state index in [4.69, 9.17) is 11.6 Å². The Morgan fingerprint density at radius 1 is 1.50 bits per heavy atom. The minimum Gasteiger partial charge on any atom is -0.149 e. The number of aryl methyl sites for hydroxylation is 1. The van der Waals surface area contributed by atoms with Crippen LogP contribution in [0.2, 0.25) is 0 Å². The maximum absolute atomic E-state index is 5.95. The molecule has 0 nitrogen and oxygen atoms in total. The molecule has 0 saturated carbocycles. The van der Waals surface area contributed by atoms with E-state index in [1.165, 1.54) is 10.4 Å². The number of hydrogen-bond donors (Lipinski definition) is 0. The van der Waals surface area contributed by atoms with Crippen LogP contribution in [0.4, 0.5) is 0 Å². The zero-order valence-corrected chi connectivity index (χ0v) is 9.38. The molecule has 0 amide bonds. The molecule has 1 heterocycles. The molecule has 2 unspecified atom stereocenters. The second-order valence-electron chi connectivity index (χ2n) is 3.35. The summed E-state index contributed by atoms with van der Waals surface area (Å²) in [6, 6.07) is 2.21. The van der Waals surface area contributed by atoms with Crippen LogP contribution in [0.1, 0.15) is 36.6 Å². The lowest BCUT2D eigenvalue weighted by atomic mass is 9.97. The molecule has 1 aromatic rings. The molecular formula is C10H15ClS. The minimum absolute atomic E-state index is 0.277. The molecule has 0 aliphatic rings. The smallest absolute Gasteiger partial charge is 0.0313 e. The average Bonchev–Trinajstić information content (AvgIpc) is 2.33. The fraction of sp³-hybridized carbons (Fsp3) is 0.600. The number of hydrogen-bond acceptors (Lipinski definition) is 1. The van der Waals surface area contributed by atoms with Crippen LogP contribution in [0.25, 0.3) is 0 Å². The topological polar surface area (TPSA) is 0 Å². The summed E-state index contributed by atoms with van der Waals surface area (Å²) in [6.45, 7) is 6.48. The third kappa shape index (κ3) is 2.49. The first-order chi connectivity index (χ1) is 5.61. The number of alkyl halides is 1. The van der Waals surface area contributed by atoms with Gasteiger partial charge >= 0.3 is 0 Å². The summed E-state index contributed by atoms with van der Waals surface area (Å²) in [5.74, 6) is 0.601. The average molecular weight is 203 g/mol. The van der Waals surface area contributed by atoms with Gasteiger partial charge in [-0.25, -0.2) is 0 Å². The van der Waals surface area contributed by atoms with Gasteiger partial charge in [0.2, 0.25) is 0 Å². The van der Waals surface area contributed by atoms with Gasteiger partial charge in [-0.05, 0) is 43.2 Å². The van der Waals surface area contributed by atoms with Crippen molar-refractivity contribution in [2.45, 2.75) is 38.5 Å². The molecule has 2 atom stereocenters. The number of rotatable bonds is 3. The molecule has 1 rings (SSSR count). The largest absolute Gasteiger partial charge is 0.149 e. The third-order valence-electron chi connectivity index (χ3n) is 2.11. The Morgan fingerprint density at radius 3 is 2.58 bits per heavy atom. The summed E-state index contributed by atoms with van der Waals surface area (Å²) in [7, 11) is 0. The van der Waals surface area contributed by atoms with Crippen molar-refractivity contribution in [2.24, 2.45) is 0 Å². The second-order valence-corrected chi connectivity index (χ2v) is 5.21. The first-order valence-corrected chi connectivity index (χ1v) is 5.61. The van der Waals surface area contributed by atoms with Gasteiger partial charge in [-0.2, -0.15) is 0 Å². The van der Waals surface area contributed by atoms with Crippen molar-refractivity contribution in [1.29, 1.82) is 0 Å². The predicted molar refractivity (Wildman–Crippen MR) is 57.4 cm³/mol. The van der Waals surface area contributed by atoms with Gasteiger partial charge in [0.05, 0.1) is 0 Å². The van der Waals surface area contributed by atoms with E-state index in [2.05, 4.69) is 32.2 Å². The lowest BCUT2D eigenvalue weighted by molar-refractivity contribution is 0.670. The van der Waals surface area contributed by atoms with Gasteiger partial charge in [0.25, 0.3) is 0 Å². The van der Waals surface area contributed by atoms with Crippen molar-refractivity contribution in [3.05, 3.63) is 21.9 Å². The van der Waals surface area contributed by atoms with Crippen molar-refractivity contribution < 1.29 is 0 Å². The van der Waals surface area contributed by atoms with Crippen LogP contribution in [-0.4, -0.2) is 5.38 Å². The van der Waals surface area contributed by atoms with Crippen molar-refractivity contribution >= 4 is 22.9 Å². The lowest BCUT2D eigenvalue weighted by Crippen LogP contribution is -2.00. The van der Waals surface area contributed by atoms with Crippen LogP contribution >= 0.6 is 22.9 Å². The summed E-state index contributed by atoms with van der Waals surface area (Å²) in [5.41, 5.74) is 1.47. The van der Waals surface area contributed by atoms with Crippen LogP contribution in [0.5, 0.6) is 0 Å². The Kier molecular flexibility index (Phi) is 3.60. The van der Waals surface area contributed by atoms with Crippen molar-refractivity contribution in [3.8, 4) is 0 Å². The van der Waals surface area contributed by atoms with Gasteiger partial charge in [0.15, 0.2) is 0 Å². The number of halogens is 1. The normalized spacial score (nSPS) is 16.0. The summed E-state index contributed by atoms with van der Waals surface area (Å²) >= 11 is 7.76. The van der Waals surface area contributed by atoms with Gasteiger partial charge in [0.1, 0.15) is 0 Å². The van der Waals surface area contributed by atoms with E-state index in [1.54, 1.807) is 0 Å². The summed E-state index contributed by atoms with van der Waals surface area (Å²) in [4.78, 5) is 1.43. The molecule has 0 aromatic carbocycles. The maximum Gasteiger partial charge on any atom is 0.0313 e. The van der Waals surface area contributed by atoms with Crippen molar-refractivity contribution in [3.63, 3.8) is 0 Å². The van der Waals surface area contributed by atoms with Gasteiger partial charge < -0.3 is 0 Å². The quantitative estimate of drug-likeness (QED) is 0.646. The molecule has 1 aromatic heterocycles. The molecular weight excluding hydrogens is 188 g/mol. The lowest BCUT2D eigenvalue weighted by Gasteiger charge is -2.12. The second kappa shape index (κ2) is 4.29. The van der Waals surface area contributed by atoms with Crippen molar-refractivity contribution in [2.75, 3.05) is 0 Å². The standard InChI is InChI=1S/C10H15ClS/c1-7(6-8(2)11)10-4-5-12-9(10)3/h4-5,7-8H,6H2,1-3H3. The number of thiophene rings is 1. The van der Waals surface area contributed by atoms with Crippen LogP contribution in [-0.2, 0) is 0 Å². The monoisotopic (exact) mass is 202 g/mol. The summed E-state index contributed by atoms with van der Waals surface area (Å²) in [6.07, 6.45) is 1.07. The first kappa shape index (κ1) is 10.1. The third-order valence-corrected chi connectivity index (χ3v) is 3.15. The van der Waals surface area contributed by atoms with E-state index >= 15 is 0 Å². The zero-order valence-electron chi connectivity index (χ0n) is 7.80. The molecule has 68 valence electrons. The molecule has 0 aliphatic heterocycles. The van der Waals surface area contributed by atoms with E-state index in [9.17, 15) is 0 Å². The molecule has 0 fully saturated rings. The molecule has 12 heavy (non-hydrogen) atoms. The highest BCUT2D eigenvalue weighted by molar-refractivity contribution is 7.10. The van der Waals surface area contributed by atoms with E-state index < -0.39 is 0 Å². The Hall–Kier alpha value is -0.0100. The summed E-state index contributed by atoms with van der Waals surface area (Å²) in [5, 5.41) is 2.43. The van der Waals surface area contributed by atoms with Gasteiger partial charge in [-0.1, -0.05) is 6.92 Å². The molecule has 0 saturated heterocycles. The highest BCUT2D eigenvalue weighted by atomic mass is 35.5. The molecule has 0 N–H and O–H groups in total. The van der Waals surface area contributed by atoms with Crippen LogP contribution in [0.3, 0.4) is 0 Å². The van der Waals surface area contributed by atoms with Gasteiger partial charge in [-0.15, -0.1) is 22.9 Å². The SMILES string of the molecule is Cc1sccc1C(C)CC(C)Cl. The van der Waals surface area contributed by atoms with Gasteiger partial charge in [-0.3, -0.25) is 0 Å². The maximum atomic E-state index is 5.95. The Labute approximate surface area is 83.6 Å². The molecule has 0 spiro atoms. The van der Waals surface area contributed by atoms with Crippen molar-refractivity contribution in [1.82, 2.24) is 0 Å². The Balaban J connectivity index is 2.65. The Morgan fingerprint density at radius 2 is 2.17 bits per heavy atom. The highest BCUT2D eigenvalue weighted by Crippen LogP contribution is 2.28. The van der Waals surface area contributed by atoms with E-state index in [1.807, 2.05) is 11.3 Å². The molecule has 2 heteroatoms. The van der Waals surface area contributed by atoms with E-state index in [-0.39, 0.29) is 5.38 Å². The highest BCUT2D eigenvalue weighted by Gasteiger charge is 2.11. The summed E-state index contributed by atoms with van der Waals surface area (Å²) < 4.78 is 0. The molecule has 0 aliphatic carbocycles. The van der Waals surface area contributed by atoms with Crippen LogP contribution in [0.15, 0.2) is 11.4 Å². The molecule has 0 bridgehead atoms. The first-order valence-electron chi connectivity index (χ1n) is 4.29. The Bertz CT molecular complexity index is 240. The van der Waals surface area contributed by atoms with Crippen LogP contribution < -0.4 is 0 Å². The van der Waals surface area contributed by atoms with E-state index in [0.29, 0.717) is 5.92 Å². The fourth-order valence-corrected chi connectivity index (χ4v) is 2.61. The molecule has 0 radical (unpaired) electrons.